The number of ether oxygens (including phenoxy) is 1. The molecule has 136 valence electrons. The van der Waals surface area contributed by atoms with Gasteiger partial charge in [-0.05, 0) is 30.5 Å². The highest BCUT2D eigenvalue weighted by atomic mass is 19.1. The van der Waals surface area contributed by atoms with E-state index >= 15 is 0 Å². The lowest BCUT2D eigenvalue weighted by Crippen LogP contribution is -2.37. The van der Waals surface area contributed by atoms with Crippen LogP contribution >= 0.6 is 0 Å². The van der Waals surface area contributed by atoms with Gasteiger partial charge in [0.05, 0.1) is 13.2 Å². The fourth-order valence-electron chi connectivity index (χ4n) is 3.76. The normalized spacial score (nSPS) is 22.7. The van der Waals surface area contributed by atoms with E-state index < -0.39 is 0 Å². The second-order valence-electron chi connectivity index (χ2n) is 6.89. The first kappa shape index (κ1) is 17.0. The van der Waals surface area contributed by atoms with E-state index in [9.17, 15) is 9.18 Å². The molecule has 1 N–H and O–H groups in total. The molecule has 0 bridgehead atoms. The minimum Gasteiger partial charge on any atom is -0.494 e. The number of likely N-dealkylation sites (tertiary alicyclic amines) is 1. The zero-order valence-electron chi connectivity index (χ0n) is 14.7. The summed E-state index contributed by atoms with van der Waals surface area (Å²) in [5.41, 5.74) is 1.56. The molecule has 1 aliphatic heterocycles. The fraction of sp³-hybridized carbons (Fsp3) is 0.400. The summed E-state index contributed by atoms with van der Waals surface area (Å²) < 4.78 is 19.5. The van der Waals surface area contributed by atoms with Crippen molar-refractivity contribution >= 4 is 5.91 Å². The lowest BCUT2D eigenvalue weighted by Gasteiger charge is -2.29. The summed E-state index contributed by atoms with van der Waals surface area (Å²) in [7, 11) is 1.46. The molecule has 1 aliphatic carbocycles. The fourth-order valence-corrected chi connectivity index (χ4v) is 3.76. The van der Waals surface area contributed by atoms with E-state index in [4.69, 9.17) is 4.74 Å². The minimum atomic E-state index is -0.358. The zero-order valence-corrected chi connectivity index (χ0v) is 14.7. The summed E-state index contributed by atoms with van der Waals surface area (Å²) in [5, 5.41) is 3.40. The summed E-state index contributed by atoms with van der Waals surface area (Å²) in [6, 6.07) is 9.20. The number of carbonyl (C=O) groups is 1. The van der Waals surface area contributed by atoms with E-state index in [1.165, 1.54) is 7.11 Å². The van der Waals surface area contributed by atoms with Gasteiger partial charge in [0.15, 0.2) is 11.6 Å². The molecule has 2 atom stereocenters. The number of nitrogens with zero attached hydrogens (tertiary/aromatic N) is 2. The van der Waals surface area contributed by atoms with Gasteiger partial charge in [0.2, 0.25) is 5.91 Å². The van der Waals surface area contributed by atoms with Crippen LogP contribution in [0.5, 0.6) is 5.75 Å². The minimum absolute atomic E-state index is 0.0580. The Morgan fingerprint density at radius 1 is 1.31 bits per heavy atom. The van der Waals surface area contributed by atoms with Gasteiger partial charge in [-0.1, -0.05) is 18.2 Å². The maximum atomic E-state index is 14.4. The molecule has 1 saturated heterocycles. The topological polar surface area (TPSA) is 54.5 Å². The number of pyridine rings is 1. The first-order valence-corrected chi connectivity index (χ1v) is 8.95. The molecule has 26 heavy (non-hydrogen) atoms. The van der Waals surface area contributed by atoms with Gasteiger partial charge in [0.1, 0.15) is 0 Å². The highest BCUT2D eigenvalue weighted by Crippen LogP contribution is 2.41. The molecule has 4 rings (SSSR count). The predicted octanol–water partition coefficient (Wildman–Crippen LogP) is 2.82. The Labute approximate surface area is 152 Å². The molecule has 2 aliphatic rings. The van der Waals surface area contributed by atoms with Crippen LogP contribution in [0.4, 0.5) is 4.39 Å². The van der Waals surface area contributed by atoms with Crippen molar-refractivity contribution in [3.8, 4) is 5.75 Å². The van der Waals surface area contributed by atoms with Crippen LogP contribution in [0, 0.1) is 5.82 Å². The Morgan fingerprint density at radius 3 is 2.85 bits per heavy atom. The Hall–Kier alpha value is -2.47. The Bertz CT molecular complexity index is 795. The Kier molecular flexibility index (Phi) is 4.59. The summed E-state index contributed by atoms with van der Waals surface area (Å²) in [6.45, 7) is 0.344. The number of rotatable bonds is 6. The number of carbonyl (C=O) groups excluding carboxylic acids is 1. The third kappa shape index (κ3) is 3.17. The molecule has 0 radical (unpaired) electrons. The predicted molar refractivity (Wildman–Crippen MR) is 95.0 cm³/mol. The van der Waals surface area contributed by atoms with E-state index in [2.05, 4.69) is 10.3 Å². The van der Waals surface area contributed by atoms with Gasteiger partial charge in [-0.2, -0.15) is 0 Å². The van der Waals surface area contributed by atoms with Crippen LogP contribution in [0.2, 0.25) is 0 Å². The second-order valence-corrected chi connectivity index (χ2v) is 6.89. The first-order valence-electron chi connectivity index (χ1n) is 8.95. The van der Waals surface area contributed by atoms with Crippen molar-refractivity contribution < 1.29 is 13.9 Å². The molecular weight excluding hydrogens is 333 g/mol. The molecule has 0 unspecified atom stereocenters. The van der Waals surface area contributed by atoms with E-state index in [1.807, 2.05) is 23.2 Å². The zero-order chi connectivity index (χ0) is 18.1. The van der Waals surface area contributed by atoms with Crippen molar-refractivity contribution in [3.63, 3.8) is 0 Å². The monoisotopic (exact) mass is 355 g/mol. The number of halogens is 1. The van der Waals surface area contributed by atoms with Gasteiger partial charge in [0, 0.05) is 43.0 Å². The first-order chi connectivity index (χ1) is 12.7. The summed E-state index contributed by atoms with van der Waals surface area (Å²) in [4.78, 5) is 18.8. The van der Waals surface area contributed by atoms with Gasteiger partial charge in [0.25, 0.3) is 0 Å². The van der Waals surface area contributed by atoms with Crippen molar-refractivity contribution in [2.75, 3.05) is 7.11 Å². The lowest BCUT2D eigenvalue weighted by molar-refractivity contribution is -0.129. The van der Waals surface area contributed by atoms with Gasteiger partial charge in [-0.25, -0.2) is 4.39 Å². The van der Waals surface area contributed by atoms with Crippen molar-refractivity contribution in [2.24, 2.45) is 0 Å². The van der Waals surface area contributed by atoms with E-state index in [-0.39, 0.29) is 29.6 Å². The maximum Gasteiger partial charge on any atom is 0.225 e. The van der Waals surface area contributed by atoms with Gasteiger partial charge < -0.3 is 15.0 Å². The largest absolute Gasteiger partial charge is 0.494 e. The summed E-state index contributed by atoms with van der Waals surface area (Å²) in [5.74, 6) is 0.0315. The Balaban J connectivity index is 1.56. The highest BCUT2D eigenvalue weighted by molar-refractivity contribution is 5.81. The number of methoxy groups -OCH3 is 1. The van der Waals surface area contributed by atoms with Crippen LogP contribution < -0.4 is 10.1 Å². The van der Waals surface area contributed by atoms with E-state index in [0.29, 0.717) is 24.6 Å². The SMILES string of the molecule is COc1cccc(CN[C@@H]2CC(=O)N(C3CC3)[C@H]2c2cccnc2)c1F. The molecule has 1 aromatic heterocycles. The number of hydrogen-bond donors (Lipinski definition) is 1. The molecule has 1 aromatic carbocycles. The smallest absolute Gasteiger partial charge is 0.225 e. The van der Waals surface area contributed by atoms with E-state index in [0.717, 1.165) is 18.4 Å². The number of nitrogens with one attached hydrogen (secondary N) is 1. The number of amides is 1. The standard InChI is InChI=1S/C20H22FN3O2/c1-26-17-6-2-4-13(19(17)21)12-23-16-10-18(25)24(15-7-8-15)20(16)14-5-3-9-22-11-14/h2-6,9,11,15-16,20,23H,7-8,10,12H2,1H3/t16-,20+/m1/s1. The van der Waals surface area contributed by atoms with Crippen LogP contribution in [0.25, 0.3) is 0 Å². The van der Waals surface area contributed by atoms with Crippen LogP contribution in [-0.2, 0) is 11.3 Å². The van der Waals surface area contributed by atoms with Crippen LogP contribution in [0.3, 0.4) is 0 Å². The van der Waals surface area contributed by atoms with Crippen molar-refractivity contribution in [2.45, 2.75) is 43.9 Å². The Morgan fingerprint density at radius 2 is 2.15 bits per heavy atom. The third-order valence-corrected chi connectivity index (χ3v) is 5.15. The van der Waals surface area contributed by atoms with E-state index in [1.54, 1.807) is 24.4 Å². The van der Waals surface area contributed by atoms with Gasteiger partial charge >= 0.3 is 0 Å². The van der Waals surface area contributed by atoms with Crippen molar-refractivity contribution in [1.82, 2.24) is 15.2 Å². The molecule has 2 fully saturated rings. The molecule has 1 amide bonds. The molecule has 2 heterocycles. The van der Waals surface area contributed by atoms with Gasteiger partial charge in [-0.15, -0.1) is 0 Å². The van der Waals surface area contributed by atoms with Crippen LogP contribution in [0.15, 0.2) is 42.7 Å². The second kappa shape index (κ2) is 7.03. The molecule has 2 aromatic rings. The maximum absolute atomic E-state index is 14.4. The van der Waals surface area contributed by atoms with Crippen LogP contribution in [-0.4, -0.2) is 35.0 Å². The molecule has 0 spiro atoms. The quantitative estimate of drug-likeness (QED) is 0.866. The van der Waals surface area contributed by atoms with Crippen molar-refractivity contribution in [3.05, 3.63) is 59.7 Å². The van der Waals surface area contributed by atoms with Crippen molar-refractivity contribution in [1.29, 1.82) is 0 Å². The molecular formula is C20H22FN3O2. The molecule has 6 heteroatoms. The third-order valence-electron chi connectivity index (χ3n) is 5.15. The number of benzene rings is 1. The van der Waals surface area contributed by atoms with Crippen LogP contribution in [0.1, 0.15) is 36.4 Å². The van der Waals surface area contributed by atoms with Gasteiger partial charge in [-0.3, -0.25) is 9.78 Å². The highest BCUT2D eigenvalue weighted by Gasteiger charge is 2.47. The average Bonchev–Trinajstić information content (AvgIpc) is 3.44. The molecule has 5 nitrogen and oxygen atoms in total. The average molecular weight is 355 g/mol. The molecule has 1 saturated carbocycles. The number of hydrogen-bond acceptors (Lipinski definition) is 4. The number of aromatic nitrogens is 1. The lowest BCUT2D eigenvalue weighted by atomic mass is 10.0. The summed E-state index contributed by atoms with van der Waals surface area (Å²) >= 11 is 0. The summed E-state index contributed by atoms with van der Waals surface area (Å²) in [6.07, 6.45) is 6.08.